The molecule has 0 aliphatic heterocycles. The molecule has 0 fully saturated rings. The predicted octanol–water partition coefficient (Wildman–Crippen LogP) is 5.45. The minimum Gasteiger partial charge on any atom is -0.384 e. The van der Waals surface area contributed by atoms with Crippen LogP contribution >= 0.6 is 0 Å². The second-order valence-electron chi connectivity index (χ2n) is 5.25. The fraction of sp³-hybridized carbons (Fsp3) is 0.556. The van der Waals surface area contributed by atoms with Crippen LogP contribution in [-0.2, 0) is 12.8 Å². The van der Waals surface area contributed by atoms with Gasteiger partial charge >= 0.3 is 0 Å². The molecule has 0 aliphatic rings. The third-order valence-corrected chi connectivity index (χ3v) is 3.69. The van der Waals surface area contributed by atoms with E-state index in [0.717, 1.165) is 25.0 Å². The molecule has 1 nitrogen and oxygen atoms in total. The summed E-state index contributed by atoms with van der Waals surface area (Å²) in [6, 6.07) is 4.49. The number of allylic oxidation sites excluding steroid dienone is 1. The molecule has 0 saturated heterocycles. The average molecular weight is 259 g/mol. The highest BCUT2D eigenvalue weighted by atomic mass is 14.9. The van der Waals surface area contributed by atoms with Crippen molar-refractivity contribution in [2.45, 2.75) is 59.8 Å². The fourth-order valence-corrected chi connectivity index (χ4v) is 2.57. The molecule has 1 N–H and O–H groups in total. The summed E-state index contributed by atoms with van der Waals surface area (Å²) in [5.74, 6) is 0. The molecule has 0 unspecified atom stereocenters. The van der Waals surface area contributed by atoms with Crippen molar-refractivity contribution in [2.24, 2.45) is 0 Å². The lowest BCUT2D eigenvalue weighted by Gasteiger charge is -2.19. The molecule has 1 rings (SSSR count). The van der Waals surface area contributed by atoms with Crippen LogP contribution in [0.4, 0.5) is 5.69 Å². The van der Waals surface area contributed by atoms with E-state index in [4.69, 9.17) is 0 Å². The van der Waals surface area contributed by atoms with Crippen molar-refractivity contribution in [1.82, 2.24) is 0 Å². The van der Waals surface area contributed by atoms with Crippen LogP contribution < -0.4 is 5.32 Å². The maximum absolute atomic E-state index is 4.12. The lowest BCUT2D eigenvalue weighted by atomic mass is 9.94. The highest BCUT2D eigenvalue weighted by Crippen LogP contribution is 2.30. The van der Waals surface area contributed by atoms with Gasteiger partial charge in [-0.25, -0.2) is 0 Å². The number of rotatable bonds is 8. The van der Waals surface area contributed by atoms with Crippen molar-refractivity contribution < 1.29 is 0 Å². The second kappa shape index (κ2) is 8.04. The van der Waals surface area contributed by atoms with Gasteiger partial charge in [0.2, 0.25) is 0 Å². The summed E-state index contributed by atoms with van der Waals surface area (Å²) in [4.78, 5) is 0. The lowest BCUT2D eigenvalue weighted by molar-refractivity contribution is 0.743. The predicted molar refractivity (Wildman–Crippen MR) is 87.9 cm³/mol. The Bertz CT molecular complexity index is 418. The first kappa shape index (κ1) is 15.8. The molecule has 0 amide bonds. The smallest absolute Gasteiger partial charge is 0.0451 e. The summed E-state index contributed by atoms with van der Waals surface area (Å²) in [6.45, 7) is 14.0. The van der Waals surface area contributed by atoms with E-state index in [2.05, 4.69) is 51.7 Å². The first-order valence-corrected chi connectivity index (χ1v) is 7.70. The first-order valence-electron chi connectivity index (χ1n) is 7.70. The summed E-state index contributed by atoms with van der Waals surface area (Å²) in [6.07, 6.45) is 5.99. The van der Waals surface area contributed by atoms with Gasteiger partial charge in [0.25, 0.3) is 0 Å². The minimum absolute atomic E-state index is 1.06. The maximum Gasteiger partial charge on any atom is 0.0451 e. The second-order valence-corrected chi connectivity index (χ2v) is 5.25. The number of benzene rings is 1. The summed E-state index contributed by atoms with van der Waals surface area (Å²) in [5, 5.41) is 3.66. The Morgan fingerprint density at radius 3 is 2.37 bits per heavy atom. The topological polar surface area (TPSA) is 12.0 Å². The third kappa shape index (κ3) is 4.12. The Morgan fingerprint density at radius 2 is 1.84 bits per heavy atom. The van der Waals surface area contributed by atoms with Gasteiger partial charge in [0.1, 0.15) is 0 Å². The van der Waals surface area contributed by atoms with E-state index in [1.807, 2.05) is 0 Å². The average Bonchev–Trinajstić information content (AvgIpc) is 2.42. The molecule has 1 aromatic rings. The summed E-state index contributed by atoms with van der Waals surface area (Å²) in [7, 11) is 0. The van der Waals surface area contributed by atoms with Gasteiger partial charge < -0.3 is 5.32 Å². The highest BCUT2D eigenvalue weighted by molar-refractivity contribution is 5.77. The Kier molecular flexibility index (Phi) is 6.69. The molecular formula is C18H29N. The quantitative estimate of drug-likeness (QED) is 0.612. The molecule has 0 heterocycles. The molecule has 1 heteroatoms. The van der Waals surface area contributed by atoms with Crippen molar-refractivity contribution >= 4 is 11.3 Å². The SMILES string of the molecule is C=C(C)c1ccc(CC)c(CC)c1NCCCCC. The minimum atomic E-state index is 1.06. The van der Waals surface area contributed by atoms with Crippen molar-refractivity contribution in [2.75, 3.05) is 11.9 Å². The number of nitrogens with one attached hydrogen (secondary N) is 1. The zero-order chi connectivity index (χ0) is 14.3. The molecular weight excluding hydrogens is 230 g/mol. The molecule has 0 radical (unpaired) electrons. The summed E-state index contributed by atoms with van der Waals surface area (Å²) < 4.78 is 0. The van der Waals surface area contributed by atoms with E-state index in [9.17, 15) is 0 Å². The van der Waals surface area contributed by atoms with Crippen LogP contribution in [0, 0.1) is 0 Å². The van der Waals surface area contributed by atoms with Crippen molar-refractivity contribution in [3.05, 3.63) is 35.4 Å². The van der Waals surface area contributed by atoms with Gasteiger partial charge in [0, 0.05) is 17.8 Å². The van der Waals surface area contributed by atoms with Gasteiger partial charge in [0.05, 0.1) is 0 Å². The number of unbranched alkanes of at least 4 members (excludes halogenated alkanes) is 2. The van der Waals surface area contributed by atoms with E-state index in [1.54, 1.807) is 0 Å². The Balaban J connectivity index is 3.03. The van der Waals surface area contributed by atoms with Crippen LogP contribution in [0.1, 0.15) is 63.6 Å². The van der Waals surface area contributed by atoms with Crippen LogP contribution in [0.15, 0.2) is 18.7 Å². The highest BCUT2D eigenvalue weighted by Gasteiger charge is 2.11. The Labute approximate surface area is 119 Å². The monoisotopic (exact) mass is 259 g/mol. The number of hydrogen-bond donors (Lipinski definition) is 1. The molecule has 0 aromatic heterocycles. The molecule has 0 atom stereocenters. The molecule has 0 aliphatic carbocycles. The van der Waals surface area contributed by atoms with E-state index < -0.39 is 0 Å². The van der Waals surface area contributed by atoms with Gasteiger partial charge in [-0.1, -0.05) is 52.3 Å². The summed E-state index contributed by atoms with van der Waals surface area (Å²) >= 11 is 0. The van der Waals surface area contributed by atoms with E-state index in [-0.39, 0.29) is 0 Å². The largest absolute Gasteiger partial charge is 0.384 e. The normalized spacial score (nSPS) is 10.5. The van der Waals surface area contributed by atoms with Crippen LogP contribution in [0.5, 0.6) is 0 Å². The van der Waals surface area contributed by atoms with Crippen LogP contribution in [0.25, 0.3) is 5.57 Å². The number of hydrogen-bond acceptors (Lipinski definition) is 1. The van der Waals surface area contributed by atoms with Gasteiger partial charge in [0.15, 0.2) is 0 Å². The zero-order valence-electron chi connectivity index (χ0n) is 13.1. The van der Waals surface area contributed by atoms with Crippen molar-refractivity contribution in [3.8, 4) is 0 Å². The Hall–Kier alpha value is -1.24. The van der Waals surface area contributed by atoms with Gasteiger partial charge in [-0.15, -0.1) is 0 Å². The fourth-order valence-electron chi connectivity index (χ4n) is 2.57. The molecule has 19 heavy (non-hydrogen) atoms. The molecule has 0 saturated carbocycles. The van der Waals surface area contributed by atoms with E-state index in [1.165, 1.54) is 41.6 Å². The van der Waals surface area contributed by atoms with Gasteiger partial charge in [-0.3, -0.25) is 0 Å². The van der Waals surface area contributed by atoms with Gasteiger partial charge in [-0.2, -0.15) is 0 Å². The van der Waals surface area contributed by atoms with Gasteiger partial charge in [-0.05, 0) is 42.9 Å². The summed E-state index contributed by atoms with van der Waals surface area (Å²) in [5.41, 5.74) is 6.69. The zero-order valence-corrected chi connectivity index (χ0v) is 13.1. The van der Waals surface area contributed by atoms with Crippen LogP contribution in [0.3, 0.4) is 0 Å². The van der Waals surface area contributed by atoms with E-state index in [0.29, 0.717) is 0 Å². The lowest BCUT2D eigenvalue weighted by Crippen LogP contribution is -2.08. The standard InChI is InChI=1S/C18H29N/c1-6-9-10-13-19-18-16(8-3)15(7-2)11-12-17(18)14(4)5/h11-12,19H,4,6-10,13H2,1-3,5H3. The first-order chi connectivity index (χ1) is 9.15. The molecule has 0 bridgehead atoms. The maximum atomic E-state index is 4.12. The van der Waals surface area contributed by atoms with Crippen LogP contribution in [-0.4, -0.2) is 6.54 Å². The number of anilines is 1. The molecule has 0 spiro atoms. The number of aryl methyl sites for hydroxylation is 1. The molecule has 106 valence electrons. The van der Waals surface area contributed by atoms with Crippen LogP contribution in [0.2, 0.25) is 0 Å². The van der Waals surface area contributed by atoms with Crippen molar-refractivity contribution in [3.63, 3.8) is 0 Å². The third-order valence-electron chi connectivity index (χ3n) is 3.69. The molecule has 1 aromatic carbocycles. The Morgan fingerprint density at radius 1 is 1.11 bits per heavy atom. The van der Waals surface area contributed by atoms with Crippen molar-refractivity contribution in [1.29, 1.82) is 0 Å². The van der Waals surface area contributed by atoms with E-state index >= 15 is 0 Å².